The van der Waals surface area contributed by atoms with E-state index in [1.807, 2.05) is 13.0 Å². The van der Waals surface area contributed by atoms with Gasteiger partial charge in [0.15, 0.2) is 5.11 Å². The van der Waals surface area contributed by atoms with Gasteiger partial charge in [0.05, 0.1) is 27.5 Å². The van der Waals surface area contributed by atoms with Gasteiger partial charge in [-0.25, -0.2) is 4.90 Å². The van der Waals surface area contributed by atoms with Gasteiger partial charge in [-0.2, -0.15) is 0 Å². The highest BCUT2D eigenvalue weighted by Gasteiger charge is 2.36. The fraction of sp³-hybridized carbons (Fsp3) is 0.0435. The molecule has 0 aromatic heterocycles. The molecule has 1 aliphatic heterocycles. The highest BCUT2D eigenvalue weighted by Crippen LogP contribution is 2.32. The molecule has 0 atom stereocenters. The molecule has 3 aromatic carbocycles. The Morgan fingerprint density at radius 3 is 2.23 bits per heavy atom. The van der Waals surface area contributed by atoms with Crippen molar-refractivity contribution in [1.29, 1.82) is 0 Å². The first-order valence-electron chi connectivity index (χ1n) is 9.31. The summed E-state index contributed by atoms with van der Waals surface area (Å²) in [6, 6.07) is 18.4. The van der Waals surface area contributed by atoms with Crippen LogP contribution < -0.4 is 15.5 Å². The molecule has 4 rings (SSSR count). The number of amides is 3. The van der Waals surface area contributed by atoms with Gasteiger partial charge in [-0.3, -0.25) is 19.7 Å². The number of carbonyl (C=O) groups is 3. The van der Waals surface area contributed by atoms with Crippen molar-refractivity contribution in [3.63, 3.8) is 0 Å². The zero-order chi connectivity index (χ0) is 22.1. The maximum absolute atomic E-state index is 12.6. The molecule has 1 aliphatic rings. The van der Waals surface area contributed by atoms with Crippen LogP contribution in [0.2, 0.25) is 5.02 Å². The third-order valence-corrected chi connectivity index (χ3v) is 5.28. The second kappa shape index (κ2) is 8.29. The molecular formula is C23H16ClN3O3S. The zero-order valence-electron chi connectivity index (χ0n) is 16.3. The number of carbonyl (C=O) groups excluding carboxylic acids is 3. The van der Waals surface area contributed by atoms with Crippen LogP contribution in [-0.2, 0) is 0 Å². The van der Waals surface area contributed by atoms with Crippen LogP contribution in [0.1, 0.15) is 36.6 Å². The third-order valence-electron chi connectivity index (χ3n) is 4.76. The SMILES string of the molecule is Cc1cccc(C(=O)NC(=S)Nc2ccc(N3C(=O)c4ccccc4C3=O)cc2Cl)c1. The summed E-state index contributed by atoms with van der Waals surface area (Å²) in [5.74, 6) is -1.16. The van der Waals surface area contributed by atoms with Crippen LogP contribution in [0, 0.1) is 6.92 Å². The van der Waals surface area contributed by atoms with Gasteiger partial charge < -0.3 is 5.32 Å². The lowest BCUT2D eigenvalue weighted by molar-refractivity contribution is 0.0923. The molecule has 31 heavy (non-hydrogen) atoms. The molecule has 0 radical (unpaired) electrons. The first-order valence-corrected chi connectivity index (χ1v) is 10.1. The van der Waals surface area contributed by atoms with Crippen LogP contribution in [0.4, 0.5) is 11.4 Å². The van der Waals surface area contributed by atoms with E-state index >= 15 is 0 Å². The summed E-state index contributed by atoms with van der Waals surface area (Å²) in [5.41, 5.74) is 2.92. The molecule has 0 bridgehead atoms. The van der Waals surface area contributed by atoms with Crippen molar-refractivity contribution < 1.29 is 14.4 Å². The van der Waals surface area contributed by atoms with Crippen LogP contribution >= 0.6 is 23.8 Å². The second-order valence-electron chi connectivity index (χ2n) is 6.93. The van der Waals surface area contributed by atoms with Crippen molar-refractivity contribution in [3.05, 3.63) is 94.0 Å². The van der Waals surface area contributed by atoms with Gasteiger partial charge in [-0.05, 0) is 61.6 Å². The van der Waals surface area contributed by atoms with Gasteiger partial charge in [0.1, 0.15) is 0 Å². The molecule has 2 N–H and O–H groups in total. The predicted octanol–water partition coefficient (Wildman–Crippen LogP) is 4.58. The zero-order valence-corrected chi connectivity index (χ0v) is 17.9. The van der Waals surface area contributed by atoms with Crippen molar-refractivity contribution in [2.45, 2.75) is 6.92 Å². The largest absolute Gasteiger partial charge is 0.331 e. The van der Waals surface area contributed by atoms with Gasteiger partial charge in [-0.1, -0.05) is 41.4 Å². The first kappa shape index (κ1) is 20.7. The van der Waals surface area contributed by atoms with Gasteiger partial charge in [-0.15, -0.1) is 0 Å². The summed E-state index contributed by atoms with van der Waals surface area (Å²) in [7, 11) is 0. The number of rotatable bonds is 3. The number of nitrogens with one attached hydrogen (secondary N) is 2. The lowest BCUT2D eigenvalue weighted by atomic mass is 10.1. The summed E-state index contributed by atoms with van der Waals surface area (Å²) in [4.78, 5) is 38.7. The summed E-state index contributed by atoms with van der Waals surface area (Å²) >= 11 is 11.6. The number of nitrogens with zero attached hydrogens (tertiary/aromatic N) is 1. The van der Waals surface area contributed by atoms with Crippen LogP contribution in [-0.4, -0.2) is 22.8 Å². The van der Waals surface area contributed by atoms with E-state index < -0.39 is 11.8 Å². The van der Waals surface area contributed by atoms with Gasteiger partial charge in [0, 0.05) is 5.56 Å². The summed E-state index contributed by atoms with van der Waals surface area (Å²) < 4.78 is 0. The summed E-state index contributed by atoms with van der Waals surface area (Å²) in [5, 5.41) is 5.77. The van der Waals surface area contributed by atoms with Gasteiger partial charge in [0.25, 0.3) is 17.7 Å². The maximum atomic E-state index is 12.6. The Bertz CT molecular complexity index is 1220. The Kier molecular flexibility index (Phi) is 5.54. The van der Waals surface area contributed by atoms with E-state index in [1.165, 1.54) is 6.07 Å². The molecule has 3 amide bonds. The standard InChI is InChI=1S/C23H16ClN3O3S/c1-13-5-4-6-14(11-13)20(28)26-23(31)25-19-10-9-15(12-18(19)24)27-21(29)16-7-2-3-8-17(16)22(27)30/h2-12H,1H3,(H2,25,26,28,31). The quantitative estimate of drug-likeness (QED) is 0.452. The number of imide groups is 1. The Balaban J connectivity index is 1.48. The molecule has 0 saturated heterocycles. The average Bonchev–Trinajstić information content (AvgIpc) is 3.00. The molecule has 0 fully saturated rings. The molecule has 154 valence electrons. The smallest absolute Gasteiger partial charge is 0.266 e. The van der Waals surface area contributed by atoms with Crippen LogP contribution in [0.15, 0.2) is 66.7 Å². The Morgan fingerprint density at radius 2 is 1.61 bits per heavy atom. The van der Waals surface area contributed by atoms with Gasteiger partial charge >= 0.3 is 0 Å². The normalized spacial score (nSPS) is 12.5. The molecule has 0 aliphatic carbocycles. The van der Waals surface area contributed by atoms with E-state index in [9.17, 15) is 14.4 Å². The molecule has 0 saturated carbocycles. The van der Waals surface area contributed by atoms with E-state index in [0.717, 1.165) is 10.5 Å². The van der Waals surface area contributed by atoms with E-state index in [1.54, 1.807) is 54.6 Å². The van der Waals surface area contributed by atoms with Gasteiger partial charge in [0.2, 0.25) is 0 Å². The number of fused-ring (bicyclic) bond motifs is 1. The predicted molar refractivity (Wildman–Crippen MR) is 124 cm³/mol. The number of thiocarbonyl (C=S) groups is 1. The topological polar surface area (TPSA) is 78.5 Å². The lowest BCUT2D eigenvalue weighted by Crippen LogP contribution is -2.34. The fourth-order valence-corrected chi connectivity index (χ4v) is 3.71. The molecule has 0 unspecified atom stereocenters. The number of halogens is 1. The molecular weight excluding hydrogens is 434 g/mol. The summed E-state index contributed by atoms with van der Waals surface area (Å²) in [6.45, 7) is 1.89. The lowest BCUT2D eigenvalue weighted by Gasteiger charge is -2.16. The second-order valence-corrected chi connectivity index (χ2v) is 7.75. The molecule has 0 spiro atoms. The molecule has 3 aromatic rings. The maximum Gasteiger partial charge on any atom is 0.266 e. The minimum absolute atomic E-state index is 0.0712. The van der Waals surface area contributed by atoms with Crippen LogP contribution in [0.3, 0.4) is 0 Å². The number of hydrogen-bond donors (Lipinski definition) is 2. The number of anilines is 2. The third kappa shape index (κ3) is 4.05. The number of benzene rings is 3. The van der Waals surface area contributed by atoms with E-state index in [2.05, 4.69) is 10.6 Å². The van der Waals surface area contributed by atoms with Crippen molar-refractivity contribution in [3.8, 4) is 0 Å². The molecule has 8 heteroatoms. The summed E-state index contributed by atoms with van der Waals surface area (Å²) in [6.07, 6.45) is 0. The first-order chi connectivity index (χ1) is 14.8. The Morgan fingerprint density at radius 1 is 0.935 bits per heavy atom. The molecule has 1 heterocycles. The van der Waals surface area contributed by atoms with Crippen molar-refractivity contribution >= 4 is 58.0 Å². The van der Waals surface area contributed by atoms with Crippen LogP contribution in [0.25, 0.3) is 0 Å². The Hall–Kier alpha value is -3.55. The number of aryl methyl sites for hydroxylation is 1. The average molecular weight is 450 g/mol. The van der Waals surface area contributed by atoms with Crippen LogP contribution in [0.5, 0.6) is 0 Å². The highest BCUT2D eigenvalue weighted by atomic mass is 35.5. The number of hydrogen-bond acceptors (Lipinski definition) is 4. The van der Waals surface area contributed by atoms with E-state index in [0.29, 0.717) is 28.1 Å². The minimum Gasteiger partial charge on any atom is -0.331 e. The Labute approximate surface area is 188 Å². The molecule has 6 nitrogen and oxygen atoms in total. The fourth-order valence-electron chi connectivity index (χ4n) is 3.28. The van der Waals surface area contributed by atoms with Crippen molar-refractivity contribution in [2.24, 2.45) is 0 Å². The minimum atomic E-state index is -0.404. The van der Waals surface area contributed by atoms with Crippen molar-refractivity contribution in [2.75, 3.05) is 10.2 Å². The van der Waals surface area contributed by atoms with E-state index in [4.69, 9.17) is 23.8 Å². The van der Waals surface area contributed by atoms with E-state index in [-0.39, 0.29) is 16.0 Å². The highest BCUT2D eigenvalue weighted by molar-refractivity contribution is 7.80. The van der Waals surface area contributed by atoms with Crippen molar-refractivity contribution in [1.82, 2.24) is 5.32 Å². The monoisotopic (exact) mass is 449 g/mol.